The number of amides is 1. The second-order valence-electron chi connectivity index (χ2n) is 5.77. The molecule has 0 spiro atoms. The highest BCUT2D eigenvalue weighted by molar-refractivity contribution is 5.85. The molecule has 1 aromatic carbocycles. The molecule has 5 N–H and O–H groups in total. The number of nitrogens with one attached hydrogen (secondary N) is 1. The summed E-state index contributed by atoms with van der Waals surface area (Å²) >= 11 is 0. The van der Waals surface area contributed by atoms with E-state index in [1.807, 2.05) is 0 Å². The molecule has 1 aliphatic carbocycles. The number of anilines is 1. The van der Waals surface area contributed by atoms with E-state index >= 15 is 0 Å². The van der Waals surface area contributed by atoms with Gasteiger partial charge in [0.2, 0.25) is 0 Å². The summed E-state index contributed by atoms with van der Waals surface area (Å²) in [6.45, 7) is -0.380. The first-order chi connectivity index (χ1) is 12.0. The molecule has 142 valence electrons. The number of carboxylic acid groups (broad SMARTS) is 2. The lowest BCUT2D eigenvalue weighted by Gasteiger charge is -2.09. The summed E-state index contributed by atoms with van der Waals surface area (Å²) in [4.78, 5) is 33.6. The minimum atomic E-state index is -4.51. The van der Waals surface area contributed by atoms with Crippen molar-refractivity contribution < 1.29 is 42.5 Å². The van der Waals surface area contributed by atoms with Crippen LogP contribution in [0.2, 0.25) is 0 Å². The van der Waals surface area contributed by atoms with Gasteiger partial charge in [0.25, 0.3) is 0 Å². The molecule has 0 bridgehead atoms. The van der Waals surface area contributed by atoms with Crippen LogP contribution in [-0.4, -0.2) is 40.9 Å². The van der Waals surface area contributed by atoms with Crippen molar-refractivity contribution >= 4 is 23.7 Å². The van der Waals surface area contributed by atoms with Crippen LogP contribution < -0.4 is 11.1 Å². The zero-order chi connectivity index (χ0) is 19.6. The van der Waals surface area contributed by atoms with Gasteiger partial charge >= 0.3 is 24.2 Å². The van der Waals surface area contributed by atoms with Gasteiger partial charge in [0.05, 0.1) is 18.1 Å². The Balaban J connectivity index is 1.88. The molecule has 11 heteroatoms. The van der Waals surface area contributed by atoms with E-state index in [-0.39, 0.29) is 12.3 Å². The molecule has 1 fully saturated rings. The number of rotatable bonds is 6. The Bertz CT molecular complexity index is 706. The number of carbonyl (C=O) groups excluding carboxylic acids is 1. The summed E-state index contributed by atoms with van der Waals surface area (Å²) in [6.07, 6.45) is -5.52. The van der Waals surface area contributed by atoms with Gasteiger partial charge in [0, 0.05) is 17.5 Å². The smallest absolute Gasteiger partial charge is 0.416 e. The van der Waals surface area contributed by atoms with Crippen molar-refractivity contribution in [2.24, 2.45) is 23.5 Å². The van der Waals surface area contributed by atoms with E-state index in [4.69, 9.17) is 20.7 Å². The lowest BCUT2D eigenvalue weighted by molar-refractivity contribution is -0.141. The fourth-order valence-corrected chi connectivity index (χ4v) is 2.69. The molecule has 0 radical (unpaired) electrons. The van der Waals surface area contributed by atoms with Crippen molar-refractivity contribution in [3.63, 3.8) is 0 Å². The Morgan fingerprint density at radius 1 is 1.19 bits per heavy atom. The van der Waals surface area contributed by atoms with E-state index in [2.05, 4.69) is 5.32 Å². The molecular formula is C15H15F3N2O6. The van der Waals surface area contributed by atoms with Gasteiger partial charge in [-0.05, 0) is 24.3 Å². The van der Waals surface area contributed by atoms with Crippen LogP contribution in [0.25, 0.3) is 0 Å². The Labute approximate surface area is 144 Å². The Kier molecular flexibility index (Phi) is 5.40. The molecule has 0 heterocycles. The summed E-state index contributed by atoms with van der Waals surface area (Å²) in [5, 5.41) is 20.1. The predicted octanol–water partition coefficient (Wildman–Crippen LogP) is 1.61. The monoisotopic (exact) mass is 376 g/mol. The predicted molar refractivity (Wildman–Crippen MR) is 80.1 cm³/mol. The minimum absolute atomic E-state index is 0.0485. The standard InChI is InChI=1S/C15H15F3N2O6/c16-15(17,18)6-1-3-7(4-2-6)20-14(25)26-5-8-9(10(8)12(21)22)11(19)13(23)24/h1-4,8-11H,5,19H2,(H,20,25)(H,21,22)(H,23,24). The quantitative estimate of drug-likeness (QED) is 0.591. The van der Waals surface area contributed by atoms with Crippen molar-refractivity contribution in [3.8, 4) is 0 Å². The molecule has 0 aliphatic heterocycles. The molecule has 0 aromatic heterocycles. The summed E-state index contributed by atoms with van der Waals surface area (Å²) in [6, 6.07) is 2.22. The largest absolute Gasteiger partial charge is 0.481 e. The van der Waals surface area contributed by atoms with Gasteiger partial charge in [-0.3, -0.25) is 14.9 Å². The zero-order valence-corrected chi connectivity index (χ0v) is 13.1. The topological polar surface area (TPSA) is 139 Å². The van der Waals surface area contributed by atoms with Gasteiger partial charge in [-0.1, -0.05) is 0 Å². The summed E-state index contributed by atoms with van der Waals surface area (Å²) < 4.78 is 42.2. The van der Waals surface area contributed by atoms with Crippen molar-refractivity contribution in [1.82, 2.24) is 0 Å². The maximum Gasteiger partial charge on any atom is 0.416 e. The highest BCUT2D eigenvalue weighted by atomic mass is 19.4. The maximum atomic E-state index is 12.4. The van der Waals surface area contributed by atoms with E-state index in [1.165, 1.54) is 0 Å². The Morgan fingerprint density at radius 2 is 1.77 bits per heavy atom. The number of carboxylic acids is 2. The lowest BCUT2D eigenvalue weighted by atomic mass is 10.1. The summed E-state index contributed by atoms with van der Waals surface area (Å²) in [5.41, 5.74) is 4.57. The van der Waals surface area contributed by atoms with Crippen molar-refractivity contribution in [3.05, 3.63) is 29.8 Å². The van der Waals surface area contributed by atoms with Crippen molar-refractivity contribution in [1.29, 1.82) is 0 Å². The second kappa shape index (κ2) is 7.20. The SMILES string of the molecule is NC(C(=O)O)C1C(COC(=O)Nc2ccc(C(F)(F)F)cc2)C1C(=O)O. The van der Waals surface area contributed by atoms with Crippen molar-refractivity contribution in [2.75, 3.05) is 11.9 Å². The van der Waals surface area contributed by atoms with Crippen LogP contribution in [0, 0.1) is 17.8 Å². The van der Waals surface area contributed by atoms with E-state index in [1.54, 1.807) is 0 Å². The Morgan fingerprint density at radius 3 is 2.23 bits per heavy atom. The average Bonchev–Trinajstić information content (AvgIpc) is 3.26. The molecule has 8 nitrogen and oxygen atoms in total. The maximum absolute atomic E-state index is 12.4. The van der Waals surface area contributed by atoms with E-state index in [0.717, 1.165) is 24.3 Å². The van der Waals surface area contributed by atoms with Crippen LogP contribution >= 0.6 is 0 Å². The van der Waals surface area contributed by atoms with Crippen LogP contribution in [0.15, 0.2) is 24.3 Å². The van der Waals surface area contributed by atoms with Gasteiger partial charge in [0.1, 0.15) is 6.04 Å². The number of carbonyl (C=O) groups is 3. The third-order valence-electron chi connectivity index (χ3n) is 4.08. The number of aliphatic carboxylic acids is 2. The van der Waals surface area contributed by atoms with Crippen LogP contribution in [-0.2, 0) is 20.5 Å². The number of ether oxygens (including phenoxy) is 1. The van der Waals surface area contributed by atoms with Gasteiger partial charge in [-0.15, -0.1) is 0 Å². The number of halogens is 3. The summed E-state index contributed by atoms with van der Waals surface area (Å²) in [7, 11) is 0. The van der Waals surface area contributed by atoms with Gasteiger partial charge in [-0.2, -0.15) is 13.2 Å². The van der Waals surface area contributed by atoms with Crippen molar-refractivity contribution in [2.45, 2.75) is 12.2 Å². The first-order valence-corrected chi connectivity index (χ1v) is 7.34. The number of benzene rings is 1. The number of nitrogens with two attached hydrogens (primary N) is 1. The third kappa shape index (κ3) is 4.42. The molecule has 0 saturated heterocycles. The van der Waals surface area contributed by atoms with Gasteiger partial charge in [0.15, 0.2) is 0 Å². The lowest BCUT2D eigenvalue weighted by Crippen LogP contribution is -2.34. The normalized spacial score (nSPS) is 23.0. The Hall–Kier alpha value is -2.82. The zero-order valence-electron chi connectivity index (χ0n) is 13.1. The third-order valence-corrected chi connectivity index (χ3v) is 4.08. The van der Waals surface area contributed by atoms with E-state index < -0.39 is 53.6 Å². The first kappa shape index (κ1) is 19.5. The molecule has 26 heavy (non-hydrogen) atoms. The minimum Gasteiger partial charge on any atom is -0.481 e. The molecule has 1 aromatic rings. The van der Waals surface area contributed by atoms with Crippen LogP contribution in [0.4, 0.5) is 23.7 Å². The van der Waals surface area contributed by atoms with Crippen LogP contribution in [0.1, 0.15) is 5.56 Å². The average molecular weight is 376 g/mol. The molecule has 4 unspecified atom stereocenters. The molecular weight excluding hydrogens is 361 g/mol. The molecule has 1 saturated carbocycles. The highest BCUT2D eigenvalue weighted by Gasteiger charge is 2.60. The fraction of sp³-hybridized carbons (Fsp3) is 0.400. The molecule has 4 atom stereocenters. The fourth-order valence-electron chi connectivity index (χ4n) is 2.69. The van der Waals surface area contributed by atoms with Crippen LogP contribution in [0.3, 0.4) is 0 Å². The molecule has 1 aliphatic rings. The number of hydrogen-bond acceptors (Lipinski definition) is 5. The first-order valence-electron chi connectivity index (χ1n) is 7.34. The van der Waals surface area contributed by atoms with E-state index in [0.29, 0.717) is 0 Å². The van der Waals surface area contributed by atoms with Gasteiger partial charge in [-0.25, -0.2) is 4.79 Å². The van der Waals surface area contributed by atoms with Gasteiger partial charge < -0.3 is 20.7 Å². The number of alkyl halides is 3. The molecule has 2 rings (SSSR count). The molecule has 1 amide bonds. The highest BCUT2D eigenvalue weighted by Crippen LogP contribution is 2.48. The van der Waals surface area contributed by atoms with Crippen LogP contribution in [0.5, 0.6) is 0 Å². The summed E-state index contributed by atoms with van der Waals surface area (Å²) in [5.74, 6) is -5.28. The van der Waals surface area contributed by atoms with E-state index in [9.17, 15) is 27.6 Å². The second-order valence-corrected chi connectivity index (χ2v) is 5.77. The number of hydrogen-bond donors (Lipinski definition) is 4.